The fourth-order valence-electron chi connectivity index (χ4n) is 0.645. The first kappa shape index (κ1) is 8.77. The van der Waals surface area contributed by atoms with Crippen molar-refractivity contribution in [2.45, 2.75) is 31.2 Å². The van der Waals surface area contributed by atoms with Gasteiger partial charge in [0.2, 0.25) is 0 Å². The van der Waals surface area contributed by atoms with Gasteiger partial charge in [0, 0.05) is 6.04 Å². The van der Waals surface area contributed by atoms with Crippen molar-refractivity contribution in [1.29, 1.82) is 0 Å². The molecule has 0 radical (unpaired) electrons. The lowest BCUT2D eigenvalue weighted by molar-refractivity contribution is -0.125. The Hall–Kier alpha value is -0.320. The fourth-order valence-corrected chi connectivity index (χ4v) is 0.645. The summed E-state index contributed by atoms with van der Waals surface area (Å²) in [6.07, 6.45) is -1.92. The Balaban J connectivity index is 2.20. The Morgan fingerprint density at radius 1 is 1.36 bits per heavy atom. The first-order valence-corrected chi connectivity index (χ1v) is 3.42. The lowest BCUT2D eigenvalue weighted by Crippen LogP contribution is -2.39. The molecular formula is C6H9F4N. The van der Waals surface area contributed by atoms with E-state index in [0.717, 1.165) is 12.8 Å². The minimum Gasteiger partial charge on any atom is -0.308 e. The minimum atomic E-state index is -3.87. The van der Waals surface area contributed by atoms with E-state index in [4.69, 9.17) is 0 Å². The summed E-state index contributed by atoms with van der Waals surface area (Å²) in [4.78, 5) is 0. The molecule has 1 rings (SSSR count). The van der Waals surface area contributed by atoms with Gasteiger partial charge in [-0.3, -0.25) is 0 Å². The van der Waals surface area contributed by atoms with E-state index in [2.05, 4.69) is 5.32 Å². The van der Waals surface area contributed by atoms with Gasteiger partial charge in [0.15, 0.2) is 0 Å². The van der Waals surface area contributed by atoms with Crippen LogP contribution in [0.3, 0.4) is 0 Å². The summed E-state index contributed by atoms with van der Waals surface area (Å²) in [5.41, 5.74) is 0. The summed E-state index contributed by atoms with van der Waals surface area (Å²) in [7, 11) is 0. The van der Waals surface area contributed by atoms with E-state index in [-0.39, 0.29) is 6.04 Å². The summed E-state index contributed by atoms with van der Waals surface area (Å²) in [6.45, 7) is -0.907. The molecule has 1 aliphatic rings. The molecule has 0 aliphatic heterocycles. The highest BCUT2D eigenvalue weighted by Gasteiger charge is 2.41. The molecule has 66 valence electrons. The summed E-state index contributed by atoms with van der Waals surface area (Å²) in [5, 5.41) is 2.35. The van der Waals surface area contributed by atoms with Crippen molar-refractivity contribution in [3.8, 4) is 0 Å². The number of hydrogen-bond acceptors (Lipinski definition) is 1. The second-order valence-electron chi connectivity index (χ2n) is 2.72. The van der Waals surface area contributed by atoms with Crippen molar-refractivity contribution in [3.05, 3.63) is 0 Å². The second-order valence-corrected chi connectivity index (χ2v) is 2.72. The Morgan fingerprint density at radius 3 is 2.27 bits per heavy atom. The highest BCUT2D eigenvalue weighted by molar-refractivity contribution is 4.84. The quantitative estimate of drug-likeness (QED) is 0.634. The molecular weight excluding hydrogens is 162 g/mol. The topological polar surface area (TPSA) is 12.0 Å². The molecule has 0 aromatic heterocycles. The molecule has 0 bridgehead atoms. The van der Waals surface area contributed by atoms with E-state index in [1.807, 2.05) is 0 Å². The van der Waals surface area contributed by atoms with Gasteiger partial charge in [0.25, 0.3) is 0 Å². The third kappa shape index (κ3) is 2.65. The van der Waals surface area contributed by atoms with Crippen molar-refractivity contribution in [2.75, 3.05) is 6.54 Å². The van der Waals surface area contributed by atoms with Crippen molar-refractivity contribution >= 4 is 0 Å². The summed E-state index contributed by atoms with van der Waals surface area (Å²) in [5.74, 6) is -3.87. The van der Waals surface area contributed by atoms with Crippen LogP contribution in [0.4, 0.5) is 17.6 Å². The van der Waals surface area contributed by atoms with Gasteiger partial charge in [-0.15, -0.1) is 0 Å². The van der Waals surface area contributed by atoms with Crippen molar-refractivity contribution in [2.24, 2.45) is 0 Å². The maximum absolute atomic E-state index is 12.1. The molecule has 0 amide bonds. The number of alkyl halides is 4. The van der Waals surface area contributed by atoms with Crippen LogP contribution in [-0.4, -0.2) is 24.9 Å². The van der Waals surface area contributed by atoms with Gasteiger partial charge in [-0.1, -0.05) is 0 Å². The molecule has 0 atom stereocenters. The lowest BCUT2D eigenvalue weighted by atomic mass is 10.3. The number of nitrogens with one attached hydrogen (secondary N) is 1. The van der Waals surface area contributed by atoms with Crippen LogP contribution in [0.5, 0.6) is 0 Å². The largest absolute Gasteiger partial charge is 0.319 e. The number of rotatable bonds is 4. The highest BCUT2D eigenvalue weighted by Crippen LogP contribution is 2.24. The molecule has 11 heavy (non-hydrogen) atoms. The van der Waals surface area contributed by atoms with E-state index in [1.54, 1.807) is 0 Å². The maximum Gasteiger partial charge on any atom is 0.319 e. The van der Waals surface area contributed by atoms with Gasteiger partial charge in [0.1, 0.15) is 0 Å². The predicted molar refractivity (Wildman–Crippen MR) is 32.0 cm³/mol. The van der Waals surface area contributed by atoms with E-state index < -0.39 is 18.9 Å². The van der Waals surface area contributed by atoms with Crippen LogP contribution in [0.25, 0.3) is 0 Å². The Morgan fingerprint density at radius 2 is 1.91 bits per heavy atom. The highest BCUT2D eigenvalue weighted by atomic mass is 19.3. The molecule has 1 aliphatic carbocycles. The van der Waals surface area contributed by atoms with Crippen LogP contribution in [-0.2, 0) is 0 Å². The Labute approximate surface area is 61.8 Å². The van der Waals surface area contributed by atoms with E-state index in [1.165, 1.54) is 0 Å². The Kier molecular flexibility index (Phi) is 2.37. The van der Waals surface area contributed by atoms with Crippen LogP contribution in [0.15, 0.2) is 0 Å². The molecule has 1 fully saturated rings. The van der Waals surface area contributed by atoms with Crippen LogP contribution < -0.4 is 5.32 Å². The zero-order chi connectivity index (χ0) is 8.48. The SMILES string of the molecule is FC(F)C(F)(F)CNC1CC1. The summed E-state index contributed by atoms with van der Waals surface area (Å²) >= 11 is 0. The number of halogens is 4. The molecule has 0 heterocycles. The smallest absolute Gasteiger partial charge is 0.308 e. The fraction of sp³-hybridized carbons (Fsp3) is 1.00. The van der Waals surface area contributed by atoms with Gasteiger partial charge in [-0.05, 0) is 12.8 Å². The van der Waals surface area contributed by atoms with Gasteiger partial charge < -0.3 is 5.32 Å². The van der Waals surface area contributed by atoms with Crippen LogP contribution in [0.2, 0.25) is 0 Å². The van der Waals surface area contributed by atoms with Crippen LogP contribution >= 0.6 is 0 Å². The van der Waals surface area contributed by atoms with Gasteiger partial charge in [-0.25, -0.2) is 8.78 Å². The van der Waals surface area contributed by atoms with Crippen LogP contribution in [0, 0.1) is 0 Å². The average Bonchev–Trinajstić information content (AvgIpc) is 2.65. The zero-order valence-corrected chi connectivity index (χ0v) is 5.79. The number of hydrogen-bond donors (Lipinski definition) is 1. The molecule has 5 heteroatoms. The van der Waals surface area contributed by atoms with Gasteiger partial charge in [-0.2, -0.15) is 8.78 Å². The maximum atomic E-state index is 12.1. The zero-order valence-electron chi connectivity index (χ0n) is 5.79. The second kappa shape index (κ2) is 2.97. The molecule has 0 unspecified atom stereocenters. The van der Waals surface area contributed by atoms with E-state index >= 15 is 0 Å². The summed E-state index contributed by atoms with van der Waals surface area (Å²) in [6, 6.07) is 0.0413. The molecule has 1 N–H and O–H groups in total. The van der Waals surface area contributed by atoms with Crippen molar-refractivity contribution < 1.29 is 17.6 Å². The standard InChI is InChI=1S/C6H9F4N/c7-5(8)6(9,10)3-11-4-1-2-4/h4-5,11H,1-3H2. The lowest BCUT2D eigenvalue weighted by Gasteiger charge is -2.15. The van der Waals surface area contributed by atoms with E-state index in [0.29, 0.717) is 0 Å². The predicted octanol–water partition coefficient (Wildman–Crippen LogP) is 1.64. The van der Waals surface area contributed by atoms with E-state index in [9.17, 15) is 17.6 Å². The van der Waals surface area contributed by atoms with Crippen molar-refractivity contribution in [1.82, 2.24) is 5.32 Å². The minimum absolute atomic E-state index is 0.0413. The average molecular weight is 171 g/mol. The first-order chi connectivity index (χ1) is 5.02. The molecule has 0 aromatic carbocycles. The molecule has 0 aromatic rings. The molecule has 1 nitrogen and oxygen atoms in total. The normalized spacial score (nSPS) is 19.4. The third-order valence-electron chi connectivity index (χ3n) is 1.52. The van der Waals surface area contributed by atoms with Gasteiger partial charge >= 0.3 is 12.3 Å². The molecule has 0 spiro atoms. The molecule has 0 saturated heterocycles. The monoisotopic (exact) mass is 171 g/mol. The van der Waals surface area contributed by atoms with Crippen molar-refractivity contribution in [3.63, 3.8) is 0 Å². The molecule has 1 saturated carbocycles. The summed E-state index contributed by atoms with van der Waals surface area (Å²) < 4.78 is 47.2. The Bertz CT molecular complexity index is 133. The first-order valence-electron chi connectivity index (χ1n) is 3.42. The van der Waals surface area contributed by atoms with Crippen LogP contribution in [0.1, 0.15) is 12.8 Å². The third-order valence-corrected chi connectivity index (χ3v) is 1.52. The van der Waals surface area contributed by atoms with Gasteiger partial charge in [0.05, 0.1) is 6.54 Å².